The third kappa shape index (κ3) is 3.45. The zero-order chi connectivity index (χ0) is 13.0. The summed E-state index contributed by atoms with van der Waals surface area (Å²) in [6, 6.07) is 0.0356. The van der Waals surface area contributed by atoms with Crippen molar-refractivity contribution in [1.82, 2.24) is 5.32 Å². The average molecular weight is 254 g/mol. The molecule has 1 heterocycles. The summed E-state index contributed by atoms with van der Waals surface area (Å²) in [5.41, 5.74) is 6.15. The van der Waals surface area contributed by atoms with Gasteiger partial charge in [-0.1, -0.05) is 13.3 Å². The molecule has 104 valence electrons. The zero-order valence-corrected chi connectivity index (χ0v) is 11.4. The lowest BCUT2D eigenvalue weighted by molar-refractivity contribution is -0.127. The van der Waals surface area contributed by atoms with Gasteiger partial charge in [-0.05, 0) is 37.5 Å². The van der Waals surface area contributed by atoms with Crippen molar-refractivity contribution >= 4 is 5.91 Å². The lowest BCUT2D eigenvalue weighted by Gasteiger charge is -2.33. The van der Waals surface area contributed by atoms with Crippen molar-refractivity contribution < 1.29 is 9.53 Å². The van der Waals surface area contributed by atoms with Crippen molar-refractivity contribution in [3.05, 3.63) is 0 Å². The van der Waals surface area contributed by atoms with E-state index in [2.05, 4.69) is 12.2 Å². The van der Waals surface area contributed by atoms with E-state index in [9.17, 15) is 4.79 Å². The van der Waals surface area contributed by atoms with E-state index in [1.54, 1.807) is 0 Å². The highest BCUT2D eigenvalue weighted by Gasteiger charge is 2.32. The zero-order valence-electron chi connectivity index (χ0n) is 11.4. The number of hydrogen-bond acceptors (Lipinski definition) is 3. The molecule has 3 unspecified atom stereocenters. The summed E-state index contributed by atoms with van der Waals surface area (Å²) in [5, 5.41) is 3.10. The Balaban J connectivity index is 1.76. The van der Waals surface area contributed by atoms with E-state index in [4.69, 9.17) is 10.5 Å². The van der Waals surface area contributed by atoms with E-state index in [0.717, 1.165) is 51.9 Å². The molecule has 3 atom stereocenters. The molecule has 3 N–H and O–H groups in total. The Kier molecular flexibility index (Phi) is 5.01. The average Bonchev–Trinajstić information content (AvgIpc) is 2.40. The molecule has 0 radical (unpaired) electrons. The Labute approximate surface area is 110 Å². The number of nitrogens with two attached hydrogens (primary N) is 1. The van der Waals surface area contributed by atoms with Crippen molar-refractivity contribution in [3.8, 4) is 0 Å². The van der Waals surface area contributed by atoms with Crippen LogP contribution in [0.1, 0.15) is 39.0 Å². The van der Waals surface area contributed by atoms with Gasteiger partial charge in [-0.3, -0.25) is 4.79 Å². The van der Waals surface area contributed by atoms with E-state index in [1.165, 1.54) is 0 Å². The quantitative estimate of drug-likeness (QED) is 0.797. The first-order chi connectivity index (χ1) is 8.68. The van der Waals surface area contributed by atoms with Gasteiger partial charge in [0.2, 0.25) is 5.91 Å². The molecule has 4 nitrogen and oxygen atoms in total. The summed E-state index contributed by atoms with van der Waals surface area (Å²) in [6.07, 6.45) is 5.36. The van der Waals surface area contributed by atoms with Gasteiger partial charge < -0.3 is 15.8 Å². The van der Waals surface area contributed by atoms with Crippen LogP contribution in [-0.4, -0.2) is 31.7 Å². The summed E-state index contributed by atoms with van der Waals surface area (Å²) in [4.78, 5) is 12.2. The second kappa shape index (κ2) is 6.53. The number of rotatable bonds is 3. The van der Waals surface area contributed by atoms with Crippen LogP contribution < -0.4 is 11.1 Å². The molecular weight excluding hydrogens is 228 g/mol. The van der Waals surface area contributed by atoms with Gasteiger partial charge in [-0.15, -0.1) is 0 Å². The van der Waals surface area contributed by atoms with Gasteiger partial charge in [0, 0.05) is 25.8 Å². The molecule has 2 rings (SSSR count). The van der Waals surface area contributed by atoms with Crippen LogP contribution in [0.5, 0.6) is 0 Å². The van der Waals surface area contributed by atoms with Gasteiger partial charge >= 0.3 is 0 Å². The van der Waals surface area contributed by atoms with Crippen LogP contribution in [0.25, 0.3) is 0 Å². The van der Waals surface area contributed by atoms with E-state index >= 15 is 0 Å². The number of carbonyl (C=O) groups is 1. The van der Waals surface area contributed by atoms with Crippen LogP contribution in [0, 0.1) is 17.8 Å². The number of hydrogen-bond donors (Lipinski definition) is 2. The van der Waals surface area contributed by atoms with Crippen LogP contribution in [-0.2, 0) is 9.53 Å². The Morgan fingerprint density at radius 2 is 2.00 bits per heavy atom. The summed E-state index contributed by atoms with van der Waals surface area (Å²) in [7, 11) is 0. The van der Waals surface area contributed by atoms with Crippen LogP contribution in [0.3, 0.4) is 0 Å². The molecule has 1 saturated heterocycles. The first-order valence-electron chi connectivity index (χ1n) is 7.29. The first kappa shape index (κ1) is 13.8. The Morgan fingerprint density at radius 1 is 1.28 bits per heavy atom. The Hall–Kier alpha value is -0.610. The number of ether oxygens (including phenoxy) is 1. The molecule has 1 aliphatic heterocycles. The molecule has 0 bridgehead atoms. The number of nitrogens with one attached hydrogen (secondary N) is 1. The predicted octanol–water partition coefficient (Wildman–Crippen LogP) is 1.29. The number of amides is 1. The highest BCUT2D eigenvalue weighted by molar-refractivity contribution is 5.79. The van der Waals surface area contributed by atoms with Crippen molar-refractivity contribution in [1.29, 1.82) is 0 Å². The maximum absolute atomic E-state index is 12.2. The third-order valence-electron chi connectivity index (χ3n) is 4.54. The Bertz CT molecular complexity index is 277. The van der Waals surface area contributed by atoms with Crippen LogP contribution in [0.15, 0.2) is 0 Å². The van der Waals surface area contributed by atoms with Crippen molar-refractivity contribution in [2.24, 2.45) is 23.5 Å². The second-order valence-corrected chi connectivity index (χ2v) is 5.89. The smallest absolute Gasteiger partial charge is 0.224 e. The van der Waals surface area contributed by atoms with Gasteiger partial charge in [0.15, 0.2) is 0 Å². The molecule has 0 aromatic rings. The summed E-state index contributed by atoms with van der Waals surface area (Å²) in [6.45, 7) is 4.61. The molecule has 0 aromatic heterocycles. The fourth-order valence-corrected chi connectivity index (χ4v) is 3.07. The molecule has 4 heteroatoms. The first-order valence-corrected chi connectivity index (χ1v) is 7.29. The van der Waals surface area contributed by atoms with Crippen LogP contribution >= 0.6 is 0 Å². The topological polar surface area (TPSA) is 64.3 Å². The van der Waals surface area contributed by atoms with Gasteiger partial charge in [-0.2, -0.15) is 0 Å². The molecular formula is C14H26N2O2. The van der Waals surface area contributed by atoms with Crippen LogP contribution in [0.4, 0.5) is 0 Å². The minimum atomic E-state index is 0.0218. The minimum absolute atomic E-state index is 0.0218. The predicted molar refractivity (Wildman–Crippen MR) is 71.0 cm³/mol. The molecule has 18 heavy (non-hydrogen) atoms. The third-order valence-corrected chi connectivity index (χ3v) is 4.54. The number of carbonyl (C=O) groups excluding carboxylic acids is 1. The fourth-order valence-electron chi connectivity index (χ4n) is 3.07. The Morgan fingerprint density at radius 3 is 2.72 bits per heavy atom. The van der Waals surface area contributed by atoms with Gasteiger partial charge in [0.05, 0.1) is 5.92 Å². The monoisotopic (exact) mass is 254 g/mol. The second-order valence-electron chi connectivity index (χ2n) is 5.89. The fraction of sp³-hybridized carbons (Fsp3) is 0.929. The summed E-state index contributed by atoms with van der Waals surface area (Å²) >= 11 is 0. The molecule has 0 aromatic carbocycles. The largest absolute Gasteiger partial charge is 0.381 e. The SMILES string of the molecule is CC1CCCC(C(=O)NCC2CCOCC2)C1N. The lowest BCUT2D eigenvalue weighted by atomic mass is 9.78. The van der Waals surface area contributed by atoms with Crippen molar-refractivity contribution in [3.63, 3.8) is 0 Å². The minimum Gasteiger partial charge on any atom is -0.381 e. The normalized spacial score (nSPS) is 34.2. The molecule has 1 amide bonds. The maximum atomic E-state index is 12.2. The maximum Gasteiger partial charge on any atom is 0.224 e. The van der Waals surface area contributed by atoms with E-state index < -0.39 is 0 Å². The lowest BCUT2D eigenvalue weighted by Crippen LogP contribution is -2.48. The van der Waals surface area contributed by atoms with E-state index in [-0.39, 0.29) is 17.9 Å². The standard InChI is InChI=1S/C14H26N2O2/c1-10-3-2-4-12(13(10)15)14(17)16-9-11-5-7-18-8-6-11/h10-13H,2-9,15H2,1H3,(H,16,17). The van der Waals surface area contributed by atoms with E-state index in [0.29, 0.717) is 11.8 Å². The molecule has 2 aliphatic rings. The highest BCUT2D eigenvalue weighted by Crippen LogP contribution is 2.28. The van der Waals surface area contributed by atoms with Crippen molar-refractivity contribution in [2.45, 2.75) is 45.1 Å². The van der Waals surface area contributed by atoms with Gasteiger partial charge in [0.1, 0.15) is 0 Å². The van der Waals surface area contributed by atoms with E-state index in [1.807, 2.05) is 0 Å². The summed E-state index contributed by atoms with van der Waals surface area (Å²) in [5.74, 6) is 1.24. The molecule has 1 aliphatic carbocycles. The molecule has 0 spiro atoms. The summed E-state index contributed by atoms with van der Waals surface area (Å²) < 4.78 is 5.32. The van der Waals surface area contributed by atoms with Gasteiger partial charge in [-0.25, -0.2) is 0 Å². The van der Waals surface area contributed by atoms with Crippen molar-refractivity contribution in [2.75, 3.05) is 19.8 Å². The van der Waals surface area contributed by atoms with Crippen LogP contribution in [0.2, 0.25) is 0 Å². The molecule has 2 fully saturated rings. The highest BCUT2D eigenvalue weighted by atomic mass is 16.5. The van der Waals surface area contributed by atoms with Gasteiger partial charge in [0.25, 0.3) is 0 Å². The molecule has 1 saturated carbocycles.